The number of benzene rings is 2. The summed E-state index contributed by atoms with van der Waals surface area (Å²) in [6, 6.07) is 14.8. The first-order chi connectivity index (χ1) is 16.2. The number of aliphatic hydroxyl groups is 1. The van der Waals surface area contributed by atoms with Gasteiger partial charge in [-0.25, -0.2) is 13.6 Å². The zero-order chi connectivity index (χ0) is 24.5. The minimum Gasteiger partial charge on any atom is -0.425 e. The predicted octanol–water partition coefficient (Wildman–Crippen LogP) is 3.23. The van der Waals surface area contributed by atoms with E-state index in [1.54, 1.807) is 6.07 Å². The van der Waals surface area contributed by atoms with Crippen molar-refractivity contribution in [2.75, 3.05) is 6.61 Å². The average molecular weight is 470 g/mol. The molecule has 2 aromatic heterocycles. The molecule has 0 aliphatic rings. The van der Waals surface area contributed by atoms with Crippen LogP contribution in [0.2, 0.25) is 0 Å². The number of alkyl halides is 2. The minimum atomic E-state index is -3.17. The maximum atomic E-state index is 14.2. The summed E-state index contributed by atoms with van der Waals surface area (Å²) in [4.78, 5) is 30.5. The highest BCUT2D eigenvalue weighted by atomic mass is 19.3. The van der Waals surface area contributed by atoms with Gasteiger partial charge in [-0.05, 0) is 24.1 Å². The summed E-state index contributed by atoms with van der Waals surface area (Å²) >= 11 is 0. The zero-order valence-electron chi connectivity index (χ0n) is 18.7. The quantitative estimate of drug-likeness (QED) is 0.427. The molecule has 0 aliphatic heterocycles. The van der Waals surface area contributed by atoms with Gasteiger partial charge in [-0.1, -0.05) is 42.5 Å². The van der Waals surface area contributed by atoms with E-state index >= 15 is 0 Å². The number of para-hydroxylation sites is 1. The number of nitrogens with zero attached hydrogens (tertiary/aromatic N) is 4. The van der Waals surface area contributed by atoms with E-state index in [9.17, 15) is 23.5 Å². The van der Waals surface area contributed by atoms with E-state index in [2.05, 4.69) is 4.98 Å². The third-order valence-electron chi connectivity index (χ3n) is 5.48. The Labute approximate surface area is 193 Å². The first-order valence-electron chi connectivity index (χ1n) is 10.7. The van der Waals surface area contributed by atoms with E-state index in [4.69, 9.17) is 4.74 Å². The summed E-state index contributed by atoms with van der Waals surface area (Å²) in [6.07, 6.45) is 0.218. The number of hydrogen-bond acceptors (Lipinski definition) is 5. The molecule has 10 heteroatoms. The van der Waals surface area contributed by atoms with Crippen LogP contribution in [-0.2, 0) is 26.1 Å². The van der Waals surface area contributed by atoms with Gasteiger partial charge in [-0.3, -0.25) is 18.5 Å². The topological polar surface area (TPSA) is 91.3 Å². The molecule has 8 nitrogen and oxygen atoms in total. The first kappa shape index (κ1) is 23.4. The molecule has 0 spiro atoms. The van der Waals surface area contributed by atoms with Crippen molar-refractivity contribution in [1.29, 1.82) is 0 Å². The van der Waals surface area contributed by atoms with Crippen LogP contribution in [0.4, 0.5) is 8.78 Å². The largest absolute Gasteiger partial charge is 0.425 e. The van der Waals surface area contributed by atoms with Gasteiger partial charge in [-0.2, -0.15) is 4.98 Å². The van der Waals surface area contributed by atoms with Crippen molar-refractivity contribution in [3.8, 4) is 11.8 Å². The van der Waals surface area contributed by atoms with Crippen LogP contribution in [0.25, 0.3) is 11.2 Å². The molecule has 0 amide bonds. The lowest BCUT2D eigenvalue weighted by molar-refractivity contribution is 0.0154. The van der Waals surface area contributed by atoms with Gasteiger partial charge in [0.2, 0.25) is 0 Å². The van der Waals surface area contributed by atoms with Crippen LogP contribution < -0.4 is 16.0 Å². The summed E-state index contributed by atoms with van der Waals surface area (Å²) in [5.41, 5.74) is -0.540. The van der Waals surface area contributed by atoms with Crippen LogP contribution in [0.5, 0.6) is 11.8 Å². The zero-order valence-corrected chi connectivity index (χ0v) is 18.7. The number of rotatable bonds is 8. The molecule has 0 radical (unpaired) electrons. The number of imidazole rings is 1. The second-order valence-corrected chi connectivity index (χ2v) is 8.00. The molecule has 0 saturated heterocycles. The molecule has 0 fully saturated rings. The Balaban J connectivity index is 1.96. The lowest BCUT2D eigenvalue weighted by Crippen LogP contribution is -2.39. The third kappa shape index (κ3) is 4.36. The molecule has 178 valence electrons. The maximum absolute atomic E-state index is 14.2. The fourth-order valence-corrected chi connectivity index (χ4v) is 3.78. The lowest BCUT2D eigenvalue weighted by Gasteiger charge is -2.16. The van der Waals surface area contributed by atoms with E-state index < -0.39 is 17.2 Å². The molecule has 0 bridgehead atoms. The molecule has 4 rings (SSSR count). The van der Waals surface area contributed by atoms with Crippen LogP contribution >= 0.6 is 0 Å². The van der Waals surface area contributed by atoms with Crippen molar-refractivity contribution in [2.45, 2.75) is 32.4 Å². The molecule has 4 aromatic rings. The Morgan fingerprint density at radius 2 is 1.71 bits per heavy atom. The lowest BCUT2D eigenvalue weighted by atomic mass is 10.1. The summed E-state index contributed by atoms with van der Waals surface area (Å²) in [7, 11) is 1.47. The van der Waals surface area contributed by atoms with Crippen molar-refractivity contribution in [1.82, 2.24) is 18.7 Å². The number of halogens is 2. The van der Waals surface area contributed by atoms with Crippen LogP contribution in [-0.4, -0.2) is 30.4 Å². The van der Waals surface area contributed by atoms with Crippen LogP contribution in [0.3, 0.4) is 0 Å². The standard InChI is InChI=1S/C24H24F2N4O4/c1-24(25,26)17-11-6-7-12-18(17)34-22-27-20-19(30(22)15-16-9-4-3-5-10-16)21(32)29(13-8-14-31)23(33)28(20)2/h3-7,9-12,31H,8,13-15H2,1-2H3. The van der Waals surface area contributed by atoms with Crippen LogP contribution in [0.1, 0.15) is 24.5 Å². The Kier molecular flexibility index (Phi) is 6.34. The van der Waals surface area contributed by atoms with E-state index in [1.165, 1.54) is 34.4 Å². The summed E-state index contributed by atoms with van der Waals surface area (Å²) < 4.78 is 38.0. The highest BCUT2D eigenvalue weighted by Crippen LogP contribution is 2.36. The fraction of sp³-hybridized carbons (Fsp3) is 0.292. The van der Waals surface area contributed by atoms with Gasteiger partial charge < -0.3 is 9.84 Å². The van der Waals surface area contributed by atoms with Gasteiger partial charge in [0.05, 0.1) is 12.1 Å². The Bertz CT molecular complexity index is 1440. The Morgan fingerprint density at radius 1 is 1.03 bits per heavy atom. The van der Waals surface area contributed by atoms with Crippen molar-refractivity contribution < 1.29 is 18.6 Å². The van der Waals surface area contributed by atoms with Crippen molar-refractivity contribution in [2.24, 2.45) is 7.05 Å². The van der Waals surface area contributed by atoms with Crippen LogP contribution in [0, 0.1) is 0 Å². The van der Waals surface area contributed by atoms with Crippen molar-refractivity contribution >= 4 is 11.2 Å². The number of fused-ring (bicyclic) bond motifs is 1. The van der Waals surface area contributed by atoms with Gasteiger partial charge in [0, 0.05) is 27.1 Å². The Morgan fingerprint density at radius 3 is 2.38 bits per heavy atom. The van der Waals surface area contributed by atoms with E-state index in [-0.39, 0.29) is 54.6 Å². The molecule has 34 heavy (non-hydrogen) atoms. The molecule has 2 heterocycles. The maximum Gasteiger partial charge on any atom is 0.332 e. The summed E-state index contributed by atoms with van der Waals surface area (Å²) in [5, 5.41) is 9.18. The third-order valence-corrected chi connectivity index (χ3v) is 5.48. The number of aromatic nitrogens is 4. The molecule has 1 N–H and O–H groups in total. The summed E-state index contributed by atoms with van der Waals surface area (Å²) in [5.74, 6) is -3.28. The first-order valence-corrected chi connectivity index (χ1v) is 10.7. The smallest absolute Gasteiger partial charge is 0.332 e. The van der Waals surface area contributed by atoms with Gasteiger partial charge in [0.15, 0.2) is 11.2 Å². The second kappa shape index (κ2) is 9.22. The van der Waals surface area contributed by atoms with E-state index in [0.29, 0.717) is 0 Å². The Hall–Kier alpha value is -3.79. The van der Waals surface area contributed by atoms with E-state index in [1.807, 2.05) is 30.3 Å². The molecule has 0 saturated carbocycles. The molecular formula is C24H24F2N4O4. The molecule has 0 unspecified atom stereocenters. The molecule has 0 aliphatic carbocycles. The van der Waals surface area contributed by atoms with Crippen molar-refractivity contribution in [3.63, 3.8) is 0 Å². The normalized spacial score (nSPS) is 11.8. The average Bonchev–Trinajstić information content (AvgIpc) is 3.16. The van der Waals surface area contributed by atoms with Crippen molar-refractivity contribution in [3.05, 3.63) is 86.6 Å². The minimum absolute atomic E-state index is 0.0234. The number of ether oxygens (including phenoxy) is 1. The number of aliphatic hydroxyl groups excluding tert-OH is 1. The highest BCUT2D eigenvalue weighted by Gasteiger charge is 2.30. The van der Waals surface area contributed by atoms with Gasteiger partial charge >= 0.3 is 11.7 Å². The van der Waals surface area contributed by atoms with Gasteiger partial charge in [0.1, 0.15) is 5.75 Å². The fourth-order valence-electron chi connectivity index (χ4n) is 3.78. The number of aryl methyl sites for hydroxylation is 1. The molecular weight excluding hydrogens is 446 g/mol. The van der Waals surface area contributed by atoms with Crippen LogP contribution in [0.15, 0.2) is 64.2 Å². The van der Waals surface area contributed by atoms with Gasteiger partial charge in [-0.15, -0.1) is 0 Å². The second-order valence-electron chi connectivity index (χ2n) is 8.00. The molecule has 2 aromatic carbocycles. The predicted molar refractivity (Wildman–Crippen MR) is 123 cm³/mol. The monoisotopic (exact) mass is 470 g/mol. The molecule has 0 atom stereocenters. The number of hydrogen-bond donors (Lipinski definition) is 1. The van der Waals surface area contributed by atoms with E-state index in [0.717, 1.165) is 17.1 Å². The highest BCUT2D eigenvalue weighted by molar-refractivity contribution is 5.72. The summed E-state index contributed by atoms with van der Waals surface area (Å²) in [6.45, 7) is 0.763. The SMILES string of the molecule is Cn1c(=O)n(CCCO)c(=O)c2c1nc(Oc1ccccc1C(C)(F)F)n2Cc1ccccc1. The van der Waals surface area contributed by atoms with Gasteiger partial charge in [0.25, 0.3) is 11.5 Å².